The quantitative estimate of drug-likeness (QED) is 0.746. The van der Waals surface area contributed by atoms with Crippen molar-refractivity contribution in [3.63, 3.8) is 0 Å². The highest BCUT2D eigenvalue weighted by Crippen LogP contribution is 2.25. The lowest BCUT2D eigenvalue weighted by atomic mass is 9.95. The average Bonchev–Trinajstić information content (AvgIpc) is 2.88. The number of carbonyl (C=O) groups excluding carboxylic acids is 1. The molecule has 1 aromatic carbocycles. The van der Waals surface area contributed by atoms with Crippen LogP contribution in [-0.4, -0.2) is 36.9 Å². The van der Waals surface area contributed by atoms with Gasteiger partial charge in [-0.05, 0) is 43.9 Å². The van der Waals surface area contributed by atoms with Crippen molar-refractivity contribution in [2.24, 2.45) is 11.8 Å². The highest BCUT2D eigenvalue weighted by molar-refractivity contribution is 6.00. The number of Topliss-reactive ketones (excluding diaryl/α,β-unsaturated/α-hetero) is 1. The SMILES string of the molecule is CCOc1ccccc1C(=O)CN1CCC(C(C)C)C1. The molecule has 110 valence electrons. The molecular formula is C17H25NO2. The molecule has 0 aliphatic carbocycles. The van der Waals surface area contributed by atoms with Gasteiger partial charge in [0.2, 0.25) is 0 Å². The van der Waals surface area contributed by atoms with Gasteiger partial charge >= 0.3 is 0 Å². The van der Waals surface area contributed by atoms with E-state index in [0.717, 1.165) is 19.0 Å². The Morgan fingerprint density at radius 3 is 2.80 bits per heavy atom. The van der Waals surface area contributed by atoms with Crippen LogP contribution in [0, 0.1) is 11.8 Å². The number of likely N-dealkylation sites (tertiary alicyclic amines) is 1. The number of hydrogen-bond acceptors (Lipinski definition) is 3. The van der Waals surface area contributed by atoms with Gasteiger partial charge in [-0.1, -0.05) is 26.0 Å². The summed E-state index contributed by atoms with van der Waals surface area (Å²) in [5.74, 6) is 2.30. The van der Waals surface area contributed by atoms with Gasteiger partial charge in [0.25, 0.3) is 0 Å². The molecular weight excluding hydrogens is 250 g/mol. The van der Waals surface area contributed by atoms with Crippen LogP contribution in [-0.2, 0) is 0 Å². The molecule has 1 heterocycles. The normalized spacial score (nSPS) is 19.5. The minimum absolute atomic E-state index is 0.165. The molecule has 1 atom stereocenters. The van der Waals surface area contributed by atoms with Gasteiger partial charge in [-0.2, -0.15) is 0 Å². The van der Waals surface area contributed by atoms with E-state index in [0.29, 0.717) is 30.4 Å². The molecule has 0 aromatic heterocycles. The fraction of sp³-hybridized carbons (Fsp3) is 0.588. The Morgan fingerprint density at radius 2 is 2.15 bits per heavy atom. The Bertz CT molecular complexity index is 456. The fourth-order valence-corrected chi connectivity index (χ4v) is 2.82. The van der Waals surface area contributed by atoms with Crippen molar-refractivity contribution in [1.29, 1.82) is 0 Å². The average molecular weight is 275 g/mol. The van der Waals surface area contributed by atoms with Gasteiger partial charge in [-0.3, -0.25) is 9.69 Å². The lowest BCUT2D eigenvalue weighted by Gasteiger charge is -2.17. The van der Waals surface area contributed by atoms with Crippen LogP contribution in [0.5, 0.6) is 5.75 Å². The van der Waals surface area contributed by atoms with Gasteiger partial charge in [-0.25, -0.2) is 0 Å². The van der Waals surface area contributed by atoms with Crippen molar-refractivity contribution in [3.05, 3.63) is 29.8 Å². The first kappa shape index (κ1) is 15.0. The van der Waals surface area contributed by atoms with E-state index in [9.17, 15) is 4.79 Å². The van der Waals surface area contributed by atoms with Crippen molar-refractivity contribution in [3.8, 4) is 5.75 Å². The minimum atomic E-state index is 0.165. The number of carbonyl (C=O) groups is 1. The molecule has 2 rings (SSSR count). The van der Waals surface area contributed by atoms with Crippen molar-refractivity contribution in [2.45, 2.75) is 27.2 Å². The minimum Gasteiger partial charge on any atom is -0.493 e. The molecule has 1 aliphatic heterocycles. The number of rotatable bonds is 6. The predicted octanol–water partition coefficient (Wildman–Crippen LogP) is 3.25. The number of ketones is 1. The van der Waals surface area contributed by atoms with Gasteiger partial charge < -0.3 is 4.74 Å². The summed E-state index contributed by atoms with van der Waals surface area (Å²) in [6.45, 7) is 9.64. The van der Waals surface area contributed by atoms with E-state index in [1.165, 1.54) is 6.42 Å². The van der Waals surface area contributed by atoms with Crippen molar-refractivity contribution in [2.75, 3.05) is 26.2 Å². The summed E-state index contributed by atoms with van der Waals surface area (Å²) >= 11 is 0. The van der Waals surface area contributed by atoms with Crippen LogP contribution < -0.4 is 4.74 Å². The fourth-order valence-electron chi connectivity index (χ4n) is 2.82. The molecule has 0 spiro atoms. The van der Waals surface area contributed by atoms with Gasteiger partial charge in [0.15, 0.2) is 5.78 Å². The van der Waals surface area contributed by atoms with Gasteiger partial charge in [0.1, 0.15) is 5.75 Å². The lowest BCUT2D eigenvalue weighted by Crippen LogP contribution is -2.28. The molecule has 1 aromatic rings. The zero-order valence-electron chi connectivity index (χ0n) is 12.8. The molecule has 1 saturated heterocycles. The van der Waals surface area contributed by atoms with Gasteiger partial charge in [0, 0.05) is 6.54 Å². The zero-order chi connectivity index (χ0) is 14.5. The number of benzene rings is 1. The zero-order valence-corrected chi connectivity index (χ0v) is 12.8. The van der Waals surface area contributed by atoms with E-state index < -0.39 is 0 Å². The second-order valence-corrected chi connectivity index (χ2v) is 5.88. The van der Waals surface area contributed by atoms with Gasteiger partial charge in [-0.15, -0.1) is 0 Å². The van der Waals surface area contributed by atoms with Crippen LogP contribution in [0.25, 0.3) is 0 Å². The largest absolute Gasteiger partial charge is 0.493 e. The predicted molar refractivity (Wildman–Crippen MR) is 81.3 cm³/mol. The van der Waals surface area contributed by atoms with E-state index in [4.69, 9.17) is 4.74 Å². The van der Waals surface area contributed by atoms with Crippen LogP contribution in [0.2, 0.25) is 0 Å². The summed E-state index contributed by atoms with van der Waals surface area (Å²) in [5, 5.41) is 0. The van der Waals surface area contributed by atoms with E-state index in [2.05, 4.69) is 18.7 Å². The Hall–Kier alpha value is -1.35. The number of hydrogen-bond donors (Lipinski definition) is 0. The third-order valence-corrected chi connectivity index (χ3v) is 4.11. The molecule has 0 saturated carbocycles. The van der Waals surface area contributed by atoms with Crippen LogP contribution in [0.3, 0.4) is 0 Å². The molecule has 0 amide bonds. The molecule has 0 N–H and O–H groups in total. The summed E-state index contributed by atoms with van der Waals surface area (Å²) in [5.41, 5.74) is 0.711. The Labute approximate surface area is 121 Å². The molecule has 0 radical (unpaired) electrons. The highest BCUT2D eigenvalue weighted by atomic mass is 16.5. The summed E-state index contributed by atoms with van der Waals surface area (Å²) in [4.78, 5) is 14.7. The second kappa shape index (κ2) is 6.89. The summed E-state index contributed by atoms with van der Waals surface area (Å²) in [6.07, 6.45) is 1.21. The Morgan fingerprint density at radius 1 is 1.40 bits per heavy atom. The topological polar surface area (TPSA) is 29.5 Å². The van der Waals surface area contributed by atoms with Crippen LogP contribution in [0.15, 0.2) is 24.3 Å². The molecule has 1 aliphatic rings. The van der Waals surface area contributed by atoms with Crippen molar-refractivity contribution < 1.29 is 9.53 Å². The molecule has 3 nitrogen and oxygen atoms in total. The molecule has 3 heteroatoms. The van der Waals surface area contributed by atoms with E-state index in [-0.39, 0.29) is 5.78 Å². The maximum absolute atomic E-state index is 12.5. The Balaban J connectivity index is 1.99. The number of ether oxygens (including phenoxy) is 1. The van der Waals surface area contributed by atoms with Crippen molar-refractivity contribution >= 4 is 5.78 Å². The second-order valence-electron chi connectivity index (χ2n) is 5.88. The maximum atomic E-state index is 12.5. The maximum Gasteiger partial charge on any atom is 0.180 e. The van der Waals surface area contributed by atoms with Crippen LogP contribution in [0.1, 0.15) is 37.6 Å². The first-order chi connectivity index (χ1) is 9.61. The van der Waals surface area contributed by atoms with Crippen LogP contribution >= 0.6 is 0 Å². The first-order valence-corrected chi connectivity index (χ1v) is 7.59. The smallest absolute Gasteiger partial charge is 0.180 e. The summed E-state index contributed by atoms with van der Waals surface area (Å²) in [6, 6.07) is 7.55. The standard InChI is InChI=1S/C17H25NO2/c1-4-20-17-8-6-5-7-15(17)16(19)12-18-10-9-14(11-18)13(2)3/h5-8,13-14H,4,9-12H2,1-3H3. The lowest BCUT2D eigenvalue weighted by molar-refractivity contribution is 0.0938. The summed E-state index contributed by atoms with van der Waals surface area (Å²) in [7, 11) is 0. The van der Waals surface area contributed by atoms with Crippen LogP contribution in [0.4, 0.5) is 0 Å². The van der Waals surface area contributed by atoms with E-state index >= 15 is 0 Å². The molecule has 0 bridgehead atoms. The summed E-state index contributed by atoms with van der Waals surface area (Å²) < 4.78 is 5.54. The molecule has 1 fully saturated rings. The third kappa shape index (κ3) is 3.60. The van der Waals surface area contributed by atoms with Gasteiger partial charge in [0.05, 0.1) is 18.7 Å². The number of para-hydroxylation sites is 1. The van der Waals surface area contributed by atoms with E-state index in [1.54, 1.807) is 0 Å². The highest BCUT2D eigenvalue weighted by Gasteiger charge is 2.26. The van der Waals surface area contributed by atoms with Crippen molar-refractivity contribution in [1.82, 2.24) is 4.90 Å². The van der Waals surface area contributed by atoms with E-state index in [1.807, 2.05) is 31.2 Å². The molecule has 20 heavy (non-hydrogen) atoms. The molecule has 1 unspecified atom stereocenters. The number of nitrogens with zero attached hydrogens (tertiary/aromatic N) is 1. The monoisotopic (exact) mass is 275 g/mol. The first-order valence-electron chi connectivity index (χ1n) is 7.59. The third-order valence-electron chi connectivity index (χ3n) is 4.11. The Kier molecular flexibility index (Phi) is 5.18.